The maximum atomic E-state index is 12.3. The summed E-state index contributed by atoms with van der Waals surface area (Å²) >= 11 is 0. The van der Waals surface area contributed by atoms with E-state index in [-0.39, 0.29) is 18.0 Å². The van der Waals surface area contributed by atoms with E-state index < -0.39 is 0 Å². The van der Waals surface area contributed by atoms with Gasteiger partial charge >= 0.3 is 0 Å². The van der Waals surface area contributed by atoms with Crippen molar-refractivity contribution in [2.75, 3.05) is 0 Å². The minimum atomic E-state index is 0. The summed E-state index contributed by atoms with van der Waals surface area (Å²) < 4.78 is 3.70. The number of aromatic nitrogens is 2. The molecule has 3 aliphatic rings. The summed E-state index contributed by atoms with van der Waals surface area (Å²) in [5, 5.41) is 0.720. The van der Waals surface area contributed by atoms with Gasteiger partial charge in [0.1, 0.15) is 0 Å². The summed E-state index contributed by atoms with van der Waals surface area (Å²) in [6.45, 7) is 0.637. The van der Waals surface area contributed by atoms with Crippen molar-refractivity contribution in [3.63, 3.8) is 0 Å². The number of para-hydroxylation sites is 1. The van der Waals surface area contributed by atoms with E-state index in [1.807, 2.05) is 41.1 Å². The molecule has 0 atom stereocenters. The Morgan fingerprint density at radius 2 is 2.00 bits per heavy atom. The monoisotopic (exact) mass is 259 g/mol. The number of halogens is 1. The zero-order chi connectivity index (χ0) is 11.4. The molecule has 0 aliphatic carbocycles. The second-order valence-corrected chi connectivity index (χ2v) is 4.17. The van der Waals surface area contributed by atoms with Gasteiger partial charge in [0.15, 0.2) is 0 Å². The molecular weight excluding hydrogens is 250 g/mol. The second kappa shape index (κ2) is 3.71. The highest BCUT2D eigenvalue weighted by molar-refractivity contribution is 5.86. The highest BCUT2D eigenvalue weighted by atomic mass is 35.5. The van der Waals surface area contributed by atoms with Gasteiger partial charge in [0.25, 0.3) is 5.56 Å². The van der Waals surface area contributed by atoms with E-state index >= 15 is 0 Å². The SMILES string of the molecule is Cl.O=c1c2ccccc2n2c(c3ccn1-3)CN=C2. The number of rotatable bonds is 0. The minimum Gasteiger partial charge on any atom is -0.300 e. The number of nitrogens with zero attached hydrogens (tertiary/aromatic N) is 3. The summed E-state index contributed by atoms with van der Waals surface area (Å²) in [4.78, 5) is 16.6. The lowest BCUT2D eigenvalue weighted by molar-refractivity contribution is 0.909. The molecule has 18 heavy (non-hydrogen) atoms. The van der Waals surface area contributed by atoms with Crippen LogP contribution in [0.3, 0.4) is 0 Å². The predicted octanol–water partition coefficient (Wildman–Crippen LogP) is 2.04. The lowest BCUT2D eigenvalue weighted by atomic mass is 10.2. The van der Waals surface area contributed by atoms with Crippen LogP contribution in [0.5, 0.6) is 0 Å². The minimum absolute atomic E-state index is 0. The van der Waals surface area contributed by atoms with Crippen LogP contribution in [-0.2, 0) is 6.54 Å². The topological polar surface area (TPSA) is 39.3 Å². The molecule has 3 heterocycles. The Kier molecular flexibility index (Phi) is 2.28. The zero-order valence-corrected chi connectivity index (χ0v) is 10.2. The molecule has 90 valence electrons. The summed E-state index contributed by atoms with van der Waals surface area (Å²) in [7, 11) is 0. The number of hydrogen-bond acceptors (Lipinski definition) is 2. The number of benzene rings is 1. The van der Waals surface area contributed by atoms with E-state index in [1.54, 1.807) is 10.9 Å². The summed E-state index contributed by atoms with van der Waals surface area (Å²) in [6.07, 6.45) is 3.60. The molecule has 3 aliphatic heterocycles. The van der Waals surface area contributed by atoms with E-state index in [4.69, 9.17) is 0 Å². The van der Waals surface area contributed by atoms with Gasteiger partial charge in [-0.05, 0) is 18.2 Å². The van der Waals surface area contributed by atoms with Crippen LogP contribution in [-0.4, -0.2) is 15.5 Å². The number of aliphatic imine (C=N–C) groups is 1. The van der Waals surface area contributed by atoms with Gasteiger partial charge in [-0.1, -0.05) is 12.1 Å². The molecule has 0 bridgehead atoms. The third-order valence-corrected chi connectivity index (χ3v) is 3.28. The first-order valence-electron chi connectivity index (χ1n) is 5.49. The Morgan fingerprint density at radius 3 is 2.78 bits per heavy atom. The summed E-state index contributed by atoms with van der Waals surface area (Å²) in [5.74, 6) is 0. The zero-order valence-electron chi connectivity index (χ0n) is 9.41. The average molecular weight is 260 g/mol. The molecule has 0 N–H and O–H groups in total. The molecule has 1 aromatic rings. The van der Waals surface area contributed by atoms with E-state index in [1.165, 1.54) is 0 Å². The van der Waals surface area contributed by atoms with Crippen LogP contribution < -0.4 is 5.56 Å². The van der Waals surface area contributed by atoms with Crippen LogP contribution in [0, 0.1) is 0 Å². The lowest BCUT2D eigenvalue weighted by Gasteiger charge is -2.11. The van der Waals surface area contributed by atoms with Gasteiger partial charge in [0.05, 0.1) is 35.2 Å². The van der Waals surface area contributed by atoms with Gasteiger partial charge in [-0.25, -0.2) is 0 Å². The van der Waals surface area contributed by atoms with Crippen molar-refractivity contribution in [2.24, 2.45) is 4.99 Å². The first kappa shape index (κ1) is 11.0. The maximum Gasteiger partial charge on any atom is 0.264 e. The van der Waals surface area contributed by atoms with E-state index in [2.05, 4.69) is 4.99 Å². The third kappa shape index (κ3) is 1.21. The van der Waals surface area contributed by atoms with Crippen LogP contribution in [0.25, 0.3) is 16.6 Å². The van der Waals surface area contributed by atoms with Crippen molar-refractivity contribution in [3.05, 3.63) is 52.6 Å². The van der Waals surface area contributed by atoms with Crippen molar-refractivity contribution >= 4 is 29.6 Å². The molecule has 0 spiro atoms. The van der Waals surface area contributed by atoms with Crippen LogP contribution in [0.1, 0.15) is 5.69 Å². The highest BCUT2D eigenvalue weighted by Gasteiger charge is 2.18. The maximum absolute atomic E-state index is 12.3. The summed E-state index contributed by atoms with van der Waals surface area (Å²) in [6, 6.07) is 9.60. The smallest absolute Gasteiger partial charge is 0.264 e. The highest BCUT2D eigenvalue weighted by Crippen LogP contribution is 2.23. The lowest BCUT2D eigenvalue weighted by Crippen LogP contribution is -2.19. The van der Waals surface area contributed by atoms with E-state index in [0.29, 0.717) is 6.54 Å². The molecule has 0 radical (unpaired) electrons. The van der Waals surface area contributed by atoms with Crippen molar-refractivity contribution in [1.29, 1.82) is 0 Å². The number of fused-ring (bicyclic) bond motifs is 5. The average Bonchev–Trinajstić information content (AvgIpc) is 2.74. The Balaban J connectivity index is 0.000001000. The molecule has 0 unspecified atom stereocenters. The molecule has 0 amide bonds. The van der Waals surface area contributed by atoms with Crippen molar-refractivity contribution in [1.82, 2.24) is 9.13 Å². The second-order valence-electron chi connectivity index (χ2n) is 4.17. The molecule has 4 rings (SSSR count). The van der Waals surface area contributed by atoms with Crippen molar-refractivity contribution in [3.8, 4) is 5.69 Å². The Labute approximate surface area is 109 Å². The normalized spacial score (nSPS) is 12.9. The third-order valence-electron chi connectivity index (χ3n) is 3.28. The van der Waals surface area contributed by atoms with Gasteiger partial charge in [0, 0.05) is 6.20 Å². The molecule has 1 aromatic carbocycles. The van der Waals surface area contributed by atoms with Crippen molar-refractivity contribution in [2.45, 2.75) is 6.54 Å². The van der Waals surface area contributed by atoms with Crippen LogP contribution >= 0.6 is 12.4 Å². The van der Waals surface area contributed by atoms with E-state index in [0.717, 1.165) is 22.3 Å². The molecule has 5 heteroatoms. The Hall–Kier alpha value is -2.07. The number of hydrogen-bond donors (Lipinski definition) is 0. The first-order chi connectivity index (χ1) is 8.36. The van der Waals surface area contributed by atoms with Crippen LogP contribution in [0.2, 0.25) is 0 Å². The van der Waals surface area contributed by atoms with E-state index in [9.17, 15) is 4.79 Å². The van der Waals surface area contributed by atoms with Crippen molar-refractivity contribution < 1.29 is 0 Å². The quantitative estimate of drug-likeness (QED) is 0.609. The molecule has 4 nitrogen and oxygen atoms in total. The standard InChI is InChI=1S/C13H9N3O.ClH/c17-13-9-3-1-2-4-10(9)16-8-14-7-12(16)11-5-6-15(11)13;/h1-6,8H,7H2;1H. The van der Waals surface area contributed by atoms with Crippen LogP contribution in [0.4, 0.5) is 0 Å². The van der Waals surface area contributed by atoms with Crippen LogP contribution in [0.15, 0.2) is 46.3 Å². The summed E-state index contributed by atoms with van der Waals surface area (Å²) in [5.41, 5.74) is 2.99. The Morgan fingerprint density at radius 1 is 1.17 bits per heavy atom. The molecule has 0 saturated carbocycles. The fraction of sp³-hybridized carbons (Fsp3) is 0.0769. The van der Waals surface area contributed by atoms with Gasteiger partial charge < -0.3 is 4.57 Å². The largest absolute Gasteiger partial charge is 0.300 e. The molecular formula is C13H10ClN3O. The predicted molar refractivity (Wildman–Crippen MR) is 73.6 cm³/mol. The molecule has 0 fully saturated rings. The van der Waals surface area contributed by atoms with Gasteiger partial charge in [-0.2, -0.15) is 0 Å². The molecule has 0 saturated heterocycles. The van der Waals surface area contributed by atoms with Gasteiger partial charge in [-0.15, -0.1) is 12.4 Å². The van der Waals surface area contributed by atoms with Gasteiger partial charge in [-0.3, -0.25) is 14.4 Å². The van der Waals surface area contributed by atoms with Gasteiger partial charge in [0.2, 0.25) is 0 Å². The fourth-order valence-electron chi connectivity index (χ4n) is 2.40. The molecule has 0 aromatic heterocycles. The Bertz CT molecular complexity index is 800. The first-order valence-corrected chi connectivity index (χ1v) is 5.49. The fourth-order valence-corrected chi connectivity index (χ4v) is 2.40.